The van der Waals surface area contributed by atoms with Gasteiger partial charge in [0.25, 0.3) is 5.91 Å². The summed E-state index contributed by atoms with van der Waals surface area (Å²) in [5, 5.41) is 7.08. The molecule has 9 heteroatoms. The summed E-state index contributed by atoms with van der Waals surface area (Å²) in [6.45, 7) is 1.27. The summed E-state index contributed by atoms with van der Waals surface area (Å²) in [5.74, 6) is -0.290. The van der Waals surface area contributed by atoms with Crippen molar-refractivity contribution in [2.24, 2.45) is 0 Å². The molecule has 0 aromatic heterocycles. The number of benzene rings is 3. The van der Waals surface area contributed by atoms with Crippen LogP contribution in [0.25, 0.3) is 10.8 Å². The van der Waals surface area contributed by atoms with E-state index in [1.165, 1.54) is 13.1 Å². The molecule has 4 rings (SSSR count). The average Bonchev–Trinajstić information content (AvgIpc) is 2.74. The maximum absolute atomic E-state index is 12.9. The summed E-state index contributed by atoms with van der Waals surface area (Å²) in [6.07, 6.45) is -0.595. The van der Waals surface area contributed by atoms with Gasteiger partial charge < -0.3 is 15.4 Å². The lowest BCUT2D eigenvalue weighted by molar-refractivity contribution is -0.122. The molecule has 1 aliphatic rings. The predicted octanol–water partition coefficient (Wildman–Crippen LogP) is 2.82. The standard InChI is InChI=1S/C22H21N3O5S/c1-14-22(27)24-19-12-17(8-10-20(19)30-14)23-21(26)13-25(2)31(28,29)18-9-7-15-5-3-4-6-16(15)11-18/h3-12,14H,13H2,1-2H3,(H,23,26)(H,24,27). The molecule has 1 heterocycles. The number of nitrogens with one attached hydrogen (secondary N) is 2. The van der Waals surface area contributed by atoms with E-state index >= 15 is 0 Å². The lowest BCUT2D eigenvalue weighted by Gasteiger charge is -2.24. The molecule has 0 saturated carbocycles. The van der Waals surface area contributed by atoms with E-state index in [0.29, 0.717) is 17.1 Å². The zero-order valence-corrected chi connectivity index (χ0v) is 17.8. The predicted molar refractivity (Wildman–Crippen MR) is 118 cm³/mol. The monoisotopic (exact) mass is 439 g/mol. The summed E-state index contributed by atoms with van der Waals surface area (Å²) >= 11 is 0. The van der Waals surface area contributed by atoms with Gasteiger partial charge >= 0.3 is 0 Å². The fourth-order valence-electron chi connectivity index (χ4n) is 3.28. The Morgan fingerprint density at radius 2 is 1.84 bits per heavy atom. The second kappa shape index (κ2) is 8.01. The number of rotatable bonds is 5. The number of ether oxygens (including phenoxy) is 1. The quantitative estimate of drug-likeness (QED) is 0.636. The molecule has 8 nitrogen and oxygen atoms in total. The third-order valence-corrected chi connectivity index (χ3v) is 6.79. The van der Waals surface area contributed by atoms with E-state index in [9.17, 15) is 18.0 Å². The number of likely N-dealkylation sites (N-methyl/N-ethyl adjacent to an activating group) is 1. The van der Waals surface area contributed by atoms with Gasteiger partial charge in [-0.25, -0.2) is 8.42 Å². The Hall–Kier alpha value is -3.43. The highest BCUT2D eigenvalue weighted by Crippen LogP contribution is 2.32. The summed E-state index contributed by atoms with van der Waals surface area (Å²) in [5.41, 5.74) is 0.858. The van der Waals surface area contributed by atoms with Crippen molar-refractivity contribution in [2.75, 3.05) is 24.2 Å². The maximum Gasteiger partial charge on any atom is 0.265 e. The average molecular weight is 439 g/mol. The number of fused-ring (bicyclic) bond motifs is 2. The summed E-state index contributed by atoms with van der Waals surface area (Å²) in [6, 6.07) is 17.1. The molecule has 1 atom stereocenters. The Labute approximate surface area is 179 Å². The number of amides is 2. The third-order valence-electron chi connectivity index (χ3n) is 4.99. The number of nitrogens with zero attached hydrogens (tertiary/aromatic N) is 1. The van der Waals surface area contributed by atoms with Crippen molar-refractivity contribution in [1.82, 2.24) is 4.31 Å². The van der Waals surface area contributed by atoms with E-state index < -0.39 is 22.0 Å². The van der Waals surface area contributed by atoms with Gasteiger partial charge in [0.15, 0.2) is 6.10 Å². The molecule has 2 N–H and O–H groups in total. The van der Waals surface area contributed by atoms with Crippen LogP contribution in [-0.4, -0.2) is 44.2 Å². The van der Waals surface area contributed by atoms with Gasteiger partial charge in [0.2, 0.25) is 15.9 Å². The van der Waals surface area contributed by atoms with Crippen LogP contribution < -0.4 is 15.4 Å². The summed E-state index contributed by atoms with van der Waals surface area (Å²) in [7, 11) is -2.50. The van der Waals surface area contributed by atoms with Crippen LogP contribution in [0.1, 0.15) is 6.92 Å². The minimum atomic E-state index is -3.85. The van der Waals surface area contributed by atoms with Gasteiger partial charge in [0.1, 0.15) is 5.75 Å². The van der Waals surface area contributed by atoms with E-state index in [-0.39, 0.29) is 17.3 Å². The normalized spacial score (nSPS) is 15.8. The molecule has 2 amide bonds. The SMILES string of the molecule is CC1Oc2ccc(NC(=O)CN(C)S(=O)(=O)c3ccc4ccccc4c3)cc2NC1=O. The minimum Gasteiger partial charge on any atom is -0.479 e. The molecule has 0 bridgehead atoms. The lowest BCUT2D eigenvalue weighted by Crippen LogP contribution is -2.35. The number of carbonyl (C=O) groups is 2. The van der Waals surface area contributed by atoms with Gasteiger partial charge in [0, 0.05) is 12.7 Å². The highest BCUT2D eigenvalue weighted by atomic mass is 32.2. The fourth-order valence-corrected chi connectivity index (χ4v) is 4.45. The molecule has 3 aromatic rings. The van der Waals surface area contributed by atoms with Gasteiger partial charge in [-0.2, -0.15) is 4.31 Å². The minimum absolute atomic E-state index is 0.115. The van der Waals surface area contributed by atoms with Crippen molar-refractivity contribution in [3.8, 4) is 5.75 Å². The molecule has 0 saturated heterocycles. The molecular weight excluding hydrogens is 418 g/mol. The lowest BCUT2D eigenvalue weighted by atomic mass is 10.1. The van der Waals surface area contributed by atoms with Gasteiger partial charge in [-0.05, 0) is 48.0 Å². The molecular formula is C22H21N3O5S. The topological polar surface area (TPSA) is 105 Å². The van der Waals surface area contributed by atoms with E-state index in [2.05, 4.69) is 10.6 Å². The van der Waals surface area contributed by atoms with E-state index in [1.807, 2.05) is 24.3 Å². The molecule has 1 unspecified atom stereocenters. The Kier molecular flexibility index (Phi) is 5.38. The Bertz CT molecular complexity index is 1290. The van der Waals surface area contributed by atoms with E-state index in [0.717, 1.165) is 15.1 Å². The number of hydrogen-bond acceptors (Lipinski definition) is 5. The van der Waals surface area contributed by atoms with Crippen LogP contribution in [-0.2, 0) is 19.6 Å². The number of anilines is 2. The first-order valence-electron chi connectivity index (χ1n) is 9.60. The van der Waals surface area contributed by atoms with Crippen LogP contribution in [0.4, 0.5) is 11.4 Å². The molecule has 160 valence electrons. The Balaban J connectivity index is 1.46. The van der Waals surface area contributed by atoms with Gasteiger partial charge in [-0.1, -0.05) is 30.3 Å². The van der Waals surface area contributed by atoms with Crippen molar-refractivity contribution in [3.05, 3.63) is 60.7 Å². The molecule has 0 spiro atoms. The van der Waals surface area contributed by atoms with Crippen molar-refractivity contribution >= 4 is 44.0 Å². The Morgan fingerprint density at radius 3 is 2.61 bits per heavy atom. The van der Waals surface area contributed by atoms with Crippen LogP contribution in [0.15, 0.2) is 65.6 Å². The molecule has 1 aliphatic heterocycles. The van der Waals surface area contributed by atoms with E-state index in [1.54, 1.807) is 37.3 Å². The number of carbonyl (C=O) groups excluding carboxylic acids is 2. The van der Waals surface area contributed by atoms with Gasteiger partial charge in [-0.3, -0.25) is 9.59 Å². The first-order valence-corrected chi connectivity index (χ1v) is 11.0. The van der Waals surface area contributed by atoms with Crippen molar-refractivity contribution in [2.45, 2.75) is 17.9 Å². The molecule has 3 aromatic carbocycles. The van der Waals surface area contributed by atoms with Crippen molar-refractivity contribution in [3.63, 3.8) is 0 Å². The van der Waals surface area contributed by atoms with E-state index in [4.69, 9.17) is 4.74 Å². The maximum atomic E-state index is 12.9. The van der Waals surface area contributed by atoms with Crippen molar-refractivity contribution < 1.29 is 22.7 Å². The summed E-state index contributed by atoms with van der Waals surface area (Å²) in [4.78, 5) is 24.3. The fraction of sp³-hybridized carbons (Fsp3) is 0.182. The second-order valence-corrected chi connectivity index (χ2v) is 9.32. The second-order valence-electron chi connectivity index (χ2n) is 7.28. The van der Waals surface area contributed by atoms with Crippen LogP contribution >= 0.6 is 0 Å². The molecule has 0 fully saturated rings. The molecule has 0 aliphatic carbocycles. The smallest absolute Gasteiger partial charge is 0.265 e. The molecule has 0 radical (unpaired) electrons. The number of sulfonamides is 1. The highest BCUT2D eigenvalue weighted by Gasteiger charge is 2.25. The first kappa shape index (κ1) is 20.8. The zero-order chi connectivity index (χ0) is 22.2. The number of hydrogen-bond donors (Lipinski definition) is 2. The van der Waals surface area contributed by atoms with Crippen LogP contribution in [0, 0.1) is 0 Å². The first-order chi connectivity index (χ1) is 14.7. The molecule has 31 heavy (non-hydrogen) atoms. The van der Waals surface area contributed by atoms with Crippen LogP contribution in [0.5, 0.6) is 5.75 Å². The zero-order valence-electron chi connectivity index (χ0n) is 17.0. The van der Waals surface area contributed by atoms with Crippen molar-refractivity contribution in [1.29, 1.82) is 0 Å². The van der Waals surface area contributed by atoms with Crippen LogP contribution in [0.2, 0.25) is 0 Å². The summed E-state index contributed by atoms with van der Waals surface area (Å²) < 4.78 is 32.3. The van der Waals surface area contributed by atoms with Crippen LogP contribution in [0.3, 0.4) is 0 Å². The highest BCUT2D eigenvalue weighted by molar-refractivity contribution is 7.89. The van der Waals surface area contributed by atoms with Gasteiger partial charge in [-0.15, -0.1) is 0 Å². The van der Waals surface area contributed by atoms with Gasteiger partial charge in [0.05, 0.1) is 17.1 Å². The third kappa shape index (κ3) is 4.23. The largest absolute Gasteiger partial charge is 0.479 e. The Morgan fingerprint density at radius 1 is 1.10 bits per heavy atom.